The molecule has 0 saturated heterocycles. The maximum Gasteiger partial charge on any atom is 0.254 e. The van der Waals surface area contributed by atoms with Crippen LogP contribution in [0.5, 0.6) is 0 Å². The highest BCUT2D eigenvalue weighted by Gasteiger charge is 2.16. The number of ketones is 1. The highest BCUT2D eigenvalue weighted by Crippen LogP contribution is 2.26. The summed E-state index contributed by atoms with van der Waals surface area (Å²) in [5.41, 5.74) is 5.95. The van der Waals surface area contributed by atoms with Crippen LogP contribution in [0.3, 0.4) is 0 Å². The fourth-order valence-electron chi connectivity index (χ4n) is 2.55. The number of hydrogen-bond donors (Lipinski definition) is 4. The van der Waals surface area contributed by atoms with Crippen molar-refractivity contribution in [1.82, 2.24) is 9.97 Å². The molecule has 1 aromatic heterocycles. The first-order valence-electron chi connectivity index (χ1n) is 8.53. The van der Waals surface area contributed by atoms with Gasteiger partial charge in [-0.15, -0.1) is 0 Å². The zero-order valence-electron chi connectivity index (χ0n) is 15.7. The van der Waals surface area contributed by atoms with Crippen molar-refractivity contribution in [1.29, 1.82) is 0 Å². The van der Waals surface area contributed by atoms with Crippen LogP contribution in [0, 0.1) is 5.82 Å². The Kier molecular flexibility index (Phi) is 6.14. The van der Waals surface area contributed by atoms with Crippen LogP contribution in [-0.2, 0) is 11.0 Å². The number of amides is 1. The molecule has 11 heteroatoms. The summed E-state index contributed by atoms with van der Waals surface area (Å²) in [6, 6.07) is 10.3. The van der Waals surface area contributed by atoms with E-state index < -0.39 is 22.7 Å². The van der Waals surface area contributed by atoms with E-state index in [1.54, 1.807) is 24.3 Å². The molecule has 1 unspecified atom stereocenters. The van der Waals surface area contributed by atoms with E-state index in [2.05, 4.69) is 20.6 Å². The Morgan fingerprint density at radius 1 is 1.10 bits per heavy atom. The van der Waals surface area contributed by atoms with Crippen LogP contribution in [0.1, 0.15) is 27.6 Å². The van der Waals surface area contributed by atoms with E-state index in [0.717, 1.165) is 12.3 Å². The van der Waals surface area contributed by atoms with Crippen molar-refractivity contribution in [2.24, 2.45) is 10.9 Å². The maximum absolute atomic E-state index is 14.1. The van der Waals surface area contributed by atoms with E-state index in [1.807, 2.05) is 0 Å². The van der Waals surface area contributed by atoms with Crippen molar-refractivity contribution < 1.29 is 18.2 Å². The third kappa shape index (κ3) is 4.64. The molecule has 0 aliphatic rings. The number of carbonyl (C=O) groups is 2. The van der Waals surface area contributed by atoms with Crippen LogP contribution >= 0.6 is 0 Å². The van der Waals surface area contributed by atoms with Gasteiger partial charge in [-0.1, -0.05) is 12.1 Å². The van der Waals surface area contributed by atoms with Crippen LogP contribution in [0.25, 0.3) is 0 Å². The molecule has 9 nitrogen and oxygen atoms in total. The van der Waals surface area contributed by atoms with Gasteiger partial charge in [-0.25, -0.2) is 18.7 Å². The number of nitrogens with two attached hydrogens (primary N) is 2. The average molecular weight is 428 g/mol. The average Bonchev–Trinajstić information content (AvgIpc) is 2.69. The van der Waals surface area contributed by atoms with Gasteiger partial charge in [0.05, 0.1) is 16.3 Å². The summed E-state index contributed by atoms with van der Waals surface area (Å²) in [5.74, 6) is -1.73. The Balaban J connectivity index is 2.00. The van der Waals surface area contributed by atoms with Gasteiger partial charge in [-0.05, 0) is 37.3 Å². The summed E-state index contributed by atoms with van der Waals surface area (Å²) in [7, 11) is -1.80. The number of Topliss-reactive ketones (excluding diaryl/α,β-unsaturated/α-hetero) is 1. The second-order valence-electron chi connectivity index (χ2n) is 6.11. The second kappa shape index (κ2) is 8.76. The minimum absolute atomic E-state index is 0.000954. The van der Waals surface area contributed by atoms with Gasteiger partial charge in [0, 0.05) is 11.8 Å². The van der Waals surface area contributed by atoms with Crippen molar-refractivity contribution >= 4 is 45.8 Å². The second-order valence-corrected chi connectivity index (χ2v) is 7.15. The number of primary amides is 1. The lowest BCUT2D eigenvalue weighted by atomic mass is 10.1. The number of nitrogens with one attached hydrogen (secondary N) is 2. The molecule has 0 fully saturated rings. The van der Waals surface area contributed by atoms with Crippen molar-refractivity contribution in [2.75, 3.05) is 10.6 Å². The summed E-state index contributed by atoms with van der Waals surface area (Å²) in [6.07, 6.45) is 1.16. The Bertz CT molecular complexity index is 1170. The highest BCUT2D eigenvalue weighted by molar-refractivity contribution is 7.82. The Morgan fingerprint density at radius 3 is 2.50 bits per heavy atom. The van der Waals surface area contributed by atoms with Gasteiger partial charge in [-0.3, -0.25) is 9.59 Å². The first-order chi connectivity index (χ1) is 14.3. The van der Waals surface area contributed by atoms with Gasteiger partial charge in [0.15, 0.2) is 5.78 Å². The van der Waals surface area contributed by atoms with Crippen LogP contribution in [0.2, 0.25) is 0 Å². The predicted molar refractivity (Wildman–Crippen MR) is 111 cm³/mol. The molecule has 6 N–H and O–H groups in total. The van der Waals surface area contributed by atoms with Gasteiger partial charge in [0.25, 0.3) is 5.91 Å². The molecule has 0 aliphatic carbocycles. The summed E-state index contributed by atoms with van der Waals surface area (Å²) in [5, 5.41) is 11.0. The monoisotopic (exact) mass is 428 g/mol. The number of rotatable bonds is 7. The lowest BCUT2D eigenvalue weighted by Gasteiger charge is -2.14. The first-order valence-corrected chi connectivity index (χ1v) is 9.74. The molecule has 1 atom stereocenters. The van der Waals surface area contributed by atoms with Gasteiger partial charge in [0.1, 0.15) is 28.2 Å². The summed E-state index contributed by atoms with van der Waals surface area (Å²) in [6.45, 7) is 1.36. The van der Waals surface area contributed by atoms with Gasteiger partial charge in [-0.2, -0.15) is 4.98 Å². The summed E-state index contributed by atoms with van der Waals surface area (Å²) < 4.78 is 25.9. The smallest absolute Gasteiger partial charge is 0.254 e. The quantitative estimate of drug-likeness (QED) is 0.421. The molecule has 0 spiro atoms. The molecule has 154 valence electrons. The van der Waals surface area contributed by atoms with E-state index in [1.165, 1.54) is 19.1 Å². The zero-order valence-corrected chi connectivity index (χ0v) is 16.5. The highest BCUT2D eigenvalue weighted by atomic mass is 32.2. The molecule has 1 amide bonds. The molecule has 2 aromatic carbocycles. The summed E-state index contributed by atoms with van der Waals surface area (Å²) >= 11 is 0. The molecule has 0 saturated carbocycles. The van der Waals surface area contributed by atoms with Gasteiger partial charge < -0.3 is 16.4 Å². The fraction of sp³-hybridized carbons (Fsp3) is 0.0526. The topological polar surface area (TPSA) is 153 Å². The van der Waals surface area contributed by atoms with Crippen LogP contribution < -0.4 is 21.5 Å². The first kappa shape index (κ1) is 21.0. The molecule has 0 bridgehead atoms. The van der Waals surface area contributed by atoms with E-state index in [0.29, 0.717) is 11.3 Å². The van der Waals surface area contributed by atoms with Crippen molar-refractivity contribution in [3.05, 3.63) is 65.6 Å². The van der Waals surface area contributed by atoms with Crippen LogP contribution in [0.15, 0.2) is 53.6 Å². The number of anilines is 4. The predicted octanol–water partition coefficient (Wildman–Crippen LogP) is 2.39. The number of aromatic nitrogens is 2. The molecular weight excluding hydrogens is 411 g/mol. The van der Waals surface area contributed by atoms with Crippen molar-refractivity contribution in [2.45, 2.75) is 11.8 Å². The van der Waals surface area contributed by atoms with Crippen LogP contribution in [0.4, 0.5) is 27.5 Å². The number of para-hydroxylation sites is 1. The van der Waals surface area contributed by atoms with Crippen molar-refractivity contribution in [3.63, 3.8) is 0 Å². The van der Waals surface area contributed by atoms with E-state index in [4.69, 9.17) is 10.9 Å². The number of benzene rings is 2. The Morgan fingerprint density at radius 2 is 1.83 bits per heavy atom. The number of nitrogens with zero attached hydrogens (tertiary/aromatic N) is 2. The SMILES string of the molecule is CC(=O)c1ccc(F)c(Nc2ncc(C(N)=O)c(Nc3ccccc3S(N)=O)n2)c1. The van der Waals surface area contributed by atoms with E-state index >= 15 is 0 Å². The van der Waals surface area contributed by atoms with E-state index in [-0.39, 0.29) is 33.7 Å². The minimum Gasteiger partial charge on any atom is -0.365 e. The number of carbonyl (C=O) groups excluding carboxylic acids is 2. The molecule has 0 radical (unpaired) electrons. The zero-order chi connectivity index (χ0) is 21.8. The Labute approximate surface area is 173 Å². The fourth-order valence-corrected chi connectivity index (χ4v) is 3.10. The third-order valence-corrected chi connectivity index (χ3v) is 4.82. The van der Waals surface area contributed by atoms with Crippen LogP contribution in [-0.4, -0.2) is 25.9 Å². The van der Waals surface area contributed by atoms with Crippen molar-refractivity contribution in [3.8, 4) is 0 Å². The lowest BCUT2D eigenvalue weighted by molar-refractivity contribution is 0.0996. The lowest BCUT2D eigenvalue weighted by Crippen LogP contribution is -2.16. The summed E-state index contributed by atoms with van der Waals surface area (Å²) in [4.78, 5) is 31.7. The third-order valence-electron chi connectivity index (χ3n) is 4.03. The van der Waals surface area contributed by atoms with Gasteiger partial charge >= 0.3 is 0 Å². The minimum atomic E-state index is -1.80. The van der Waals surface area contributed by atoms with E-state index in [9.17, 15) is 18.2 Å². The molecule has 30 heavy (non-hydrogen) atoms. The molecular formula is C19H17FN6O3S. The normalized spacial score (nSPS) is 11.6. The molecule has 0 aliphatic heterocycles. The maximum atomic E-state index is 14.1. The van der Waals surface area contributed by atoms with Gasteiger partial charge in [0.2, 0.25) is 5.95 Å². The Hall–Kier alpha value is -3.70. The molecule has 3 rings (SSSR count). The molecule has 1 heterocycles. The standard InChI is InChI=1S/C19H17FN6O3S/c1-10(27)11-6-7-13(20)15(8-11)25-19-23-9-12(17(21)28)18(26-19)24-14-4-2-3-5-16(14)30(22)29/h2-9H,22H2,1H3,(H2,21,28)(H2,23,24,25,26). The largest absolute Gasteiger partial charge is 0.365 e. The number of halogens is 1. The number of hydrogen-bond acceptors (Lipinski definition) is 7. The molecule has 3 aromatic rings.